The van der Waals surface area contributed by atoms with Gasteiger partial charge in [-0.05, 0) is 60.7 Å². The minimum atomic E-state index is -4.10. The van der Waals surface area contributed by atoms with Crippen molar-refractivity contribution in [2.24, 2.45) is 0 Å². The third-order valence-corrected chi connectivity index (χ3v) is 10.0. The largest absolute Gasteiger partial charge is 0.352 e. The number of nitrogens with zero attached hydrogens (tertiary/aromatic N) is 2. The number of hydrogen-bond donors (Lipinski definition) is 1. The first kappa shape index (κ1) is 31.0. The lowest BCUT2D eigenvalue weighted by Crippen LogP contribution is -2.54. The van der Waals surface area contributed by atoms with Crippen molar-refractivity contribution in [2.75, 3.05) is 10.8 Å². The summed E-state index contributed by atoms with van der Waals surface area (Å²) in [6.45, 7) is 1.67. The molecule has 1 fully saturated rings. The lowest BCUT2D eigenvalue weighted by molar-refractivity contribution is -0.140. The molecule has 4 aromatic carbocycles. The number of anilines is 1. The molecule has 0 radical (unpaired) electrons. The molecule has 1 aliphatic rings. The van der Waals surface area contributed by atoms with Crippen LogP contribution in [0.15, 0.2) is 120 Å². The summed E-state index contributed by atoms with van der Waals surface area (Å²) >= 11 is 0. The van der Waals surface area contributed by atoms with Crippen molar-refractivity contribution in [3.63, 3.8) is 0 Å². The van der Waals surface area contributed by atoms with Gasteiger partial charge in [0.2, 0.25) is 11.8 Å². The van der Waals surface area contributed by atoms with Gasteiger partial charge in [0.1, 0.15) is 12.6 Å². The Morgan fingerprint density at radius 2 is 1.36 bits per heavy atom. The highest BCUT2D eigenvalue weighted by atomic mass is 32.2. The zero-order valence-electron chi connectivity index (χ0n) is 25.0. The molecule has 4 aromatic rings. The minimum Gasteiger partial charge on any atom is -0.352 e. The lowest BCUT2D eigenvalue weighted by atomic mass is 10.0. The highest BCUT2D eigenvalue weighted by molar-refractivity contribution is 7.92. The Bertz CT molecular complexity index is 1640. The third kappa shape index (κ3) is 7.55. The molecule has 0 aliphatic heterocycles. The number of hydrogen-bond acceptors (Lipinski definition) is 4. The Kier molecular flexibility index (Phi) is 10.1. The molecule has 7 nitrogen and oxygen atoms in total. The van der Waals surface area contributed by atoms with Gasteiger partial charge in [-0.25, -0.2) is 8.42 Å². The van der Waals surface area contributed by atoms with Crippen LogP contribution < -0.4 is 9.62 Å². The second kappa shape index (κ2) is 14.4. The summed E-state index contributed by atoms with van der Waals surface area (Å²) in [5.41, 5.74) is 3.16. The molecule has 0 bridgehead atoms. The van der Waals surface area contributed by atoms with E-state index in [2.05, 4.69) is 5.32 Å². The second-order valence-corrected chi connectivity index (χ2v) is 13.2. The normalized spacial score (nSPS) is 14.1. The topological polar surface area (TPSA) is 86.8 Å². The zero-order valence-corrected chi connectivity index (χ0v) is 25.8. The lowest BCUT2D eigenvalue weighted by Gasteiger charge is -2.34. The molecule has 8 heteroatoms. The monoisotopic (exact) mass is 609 g/mol. The van der Waals surface area contributed by atoms with Crippen LogP contribution in [-0.4, -0.2) is 43.8 Å². The minimum absolute atomic E-state index is 0.0652. The van der Waals surface area contributed by atoms with Gasteiger partial charge in [-0.3, -0.25) is 13.9 Å². The number of aryl methyl sites for hydroxylation is 1. The van der Waals surface area contributed by atoms with Crippen LogP contribution in [0.5, 0.6) is 0 Å². The standard InChI is InChI=1S/C36H39N3O4S/c1-28-15-11-12-18-30(28)26-38(34(25-29-16-5-2-6-17-29)36(41)37-31-19-13-14-20-31)35(40)27-39(32-21-7-3-8-22-32)44(42,43)33-23-9-4-10-24-33/h2-12,15-18,21-24,31,34H,13-14,19-20,25-27H2,1H3,(H,37,41). The highest BCUT2D eigenvalue weighted by Gasteiger charge is 2.35. The average Bonchev–Trinajstić information content (AvgIpc) is 3.56. The van der Waals surface area contributed by atoms with Gasteiger partial charge in [-0.1, -0.05) is 104 Å². The summed E-state index contributed by atoms with van der Waals surface area (Å²) in [5.74, 6) is -0.681. The Labute approximate surface area is 260 Å². The molecule has 1 atom stereocenters. The maximum atomic E-state index is 14.5. The van der Waals surface area contributed by atoms with E-state index in [0.29, 0.717) is 12.1 Å². The average molecular weight is 610 g/mol. The molecular formula is C36H39N3O4S. The van der Waals surface area contributed by atoms with Crippen molar-refractivity contribution < 1.29 is 18.0 Å². The fourth-order valence-corrected chi connectivity index (χ4v) is 7.17. The van der Waals surface area contributed by atoms with Gasteiger partial charge < -0.3 is 10.2 Å². The molecule has 1 N–H and O–H groups in total. The van der Waals surface area contributed by atoms with Crippen molar-refractivity contribution in [1.29, 1.82) is 0 Å². The maximum Gasteiger partial charge on any atom is 0.264 e. The predicted molar refractivity (Wildman–Crippen MR) is 173 cm³/mol. The molecule has 0 aromatic heterocycles. The molecule has 2 amide bonds. The summed E-state index contributed by atoms with van der Waals surface area (Å²) in [4.78, 5) is 30.2. The second-order valence-electron chi connectivity index (χ2n) is 11.3. The van der Waals surface area contributed by atoms with Crippen LogP contribution in [-0.2, 0) is 32.6 Å². The van der Waals surface area contributed by atoms with Crippen molar-refractivity contribution in [3.05, 3.63) is 132 Å². The van der Waals surface area contributed by atoms with E-state index in [1.165, 1.54) is 12.1 Å². The van der Waals surface area contributed by atoms with E-state index in [-0.39, 0.29) is 23.4 Å². The van der Waals surface area contributed by atoms with Crippen molar-refractivity contribution >= 4 is 27.5 Å². The number of carbonyl (C=O) groups excluding carboxylic acids is 2. The first-order chi connectivity index (χ1) is 21.3. The molecule has 1 unspecified atom stereocenters. The first-order valence-electron chi connectivity index (χ1n) is 15.1. The van der Waals surface area contributed by atoms with E-state index in [1.54, 1.807) is 53.4 Å². The molecule has 5 rings (SSSR count). The van der Waals surface area contributed by atoms with Crippen LogP contribution in [0.4, 0.5) is 5.69 Å². The molecule has 228 valence electrons. The van der Waals surface area contributed by atoms with Gasteiger partial charge in [-0.2, -0.15) is 0 Å². The van der Waals surface area contributed by atoms with Gasteiger partial charge in [0.15, 0.2) is 0 Å². The van der Waals surface area contributed by atoms with Crippen LogP contribution in [0.3, 0.4) is 0 Å². The van der Waals surface area contributed by atoms with Gasteiger partial charge >= 0.3 is 0 Å². The van der Waals surface area contributed by atoms with Crippen molar-refractivity contribution in [1.82, 2.24) is 10.2 Å². The van der Waals surface area contributed by atoms with E-state index in [9.17, 15) is 18.0 Å². The Morgan fingerprint density at radius 3 is 2.00 bits per heavy atom. The molecule has 1 aliphatic carbocycles. The van der Waals surface area contributed by atoms with Gasteiger partial charge in [0.05, 0.1) is 10.6 Å². The van der Waals surface area contributed by atoms with Gasteiger partial charge in [-0.15, -0.1) is 0 Å². The van der Waals surface area contributed by atoms with E-state index in [0.717, 1.165) is 46.7 Å². The fraction of sp³-hybridized carbons (Fsp3) is 0.278. The van der Waals surface area contributed by atoms with Crippen molar-refractivity contribution in [3.8, 4) is 0 Å². The van der Waals surface area contributed by atoms with E-state index < -0.39 is 28.5 Å². The summed E-state index contributed by atoms with van der Waals surface area (Å²) in [6, 6.07) is 33.4. The number of carbonyl (C=O) groups is 2. The van der Waals surface area contributed by atoms with E-state index in [4.69, 9.17) is 0 Å². The van der Waals surface area contributed by atoms with Crippen LogP contribution in [0.2, 0.25) is 0 Å². The van der Waals surface area contributed by atoms with Crippen LogP contribution in [0, 0.1) is 6.92 Å². The Morgan fingerprint density at radius 1 is 0.795 bits per heavy atom. The van der Waals surface area contributed by atoms with Crippen molar-refractivity contribution in [2.45, 2.75) is 62.6 Å². The molecular weight excluding hydrogens is 570 g/mol. The van der Waals surface area contributed by atoms with Crippen LogP contribution in [0.25, 0.3) is 0 Å². The van der Waals surface area contributed by atoms with Gasteiger partial charge in [0, 0.05) is 19.0 Å². The fourth-order valence-electron chi connectivity index (χ4n) is 5.74. The molecule has 0 saturated heterocycles. The number of benzene rings is 4. The summed E-state index contributed by atoms with van der Waals surface area (Å²) in [7, 11) is -4.10. The third-order valence-electron chi connectivity index (χ3n) is 8.23. The van der Waals surface area contributed by atoms with E-state index in [1.807, 2.05) is 61.5 Å². The number of amides is 2. The number of nitrogens with one attached hydrogen (secondary N) is 1. The summed E-state index contributed by atoms with van der Waals surface area (Å²) < 4.78 is 29.2. The number of rotatable bonds is 12. The van der Waals surface area contributed by atoms with Gasteiger partial charge in [0.25, 0.3) is 10.0 Å². The quantitative estimate of drug-likeness (QED) is 0.217. The smallest absolute Gasteiger partial charge is 0.264 e. The number of para-hydroxylation sites is 1. The highest BCUT2D eigenvalue weighted by Crippen LogP contribution is 2.25. The first-order valence-corrected chi connectivity index (χ1v) is 16.6. The van der Waals surface area contributed by atoms with E-state index >= 15 is 0 Å². The number of sulfonamides is 1. The molecule has 1 saturated carbocycles. The van der Waals surface area contributed by atoms with Crippen LogP contribution in [0.1, 0.15) is 42.4 Å². The summed E-state index contributed by atoms with van der Waals surface area (Å²) in [6.07, 6.45) is 4.24. The Hall–Kier alpha value is -4.43. The SMILES string of the molecule is Cc1ccccc1CN(C(=O)CN(c1ccccc1)S(=O)(=O)c1ccccc1)C(Cc1ccccc1)C(=O)NC1CCCC1. The predicted octanol–water partition coefficient (Wildman–Crippen LogP) is 5.89. The Balaban J connectivity index is 1.55. The summed E-state index contributed by atoms with van der Waals surface area (Å²) in [5, 5.41) is 3.21. The maximum absolute atomic E-state index is 14.5. The van der Waals surface area contributed by atoms with Crippen LogP contribution >= 0.6 is 0 Å². The zero-order chi connectivity index (χ0) is 30.9. The molecule has 44 heavy (non-hydrogen) atoms. The molecule has 0 spiro atoms. The molecule has 0 heterocycles.